The minimum atomic E-state index is -0.199. The summed E-state index contributed by atoms with van der Waals surface area (Å²) in [5, 5.41) is 0. The molecule has 12 heavy (non-hydrogen) atoms. The maximum Gasteiger partial charge on any atom is 0.309 e. The summed E-state index contributed by atoms with van der Waals surface area (Å²) in [5.74, 6) is 0.396. The van der Waals surface area contributed by atoms with Gasteiger partial charge in [-0.25, -0.2) is 0 Å². The van der Waals surface area contributed by atoms with E-state index in [1.165, 1.54) is 7.11 Å². The van der Waals surface area contributed by atoms with Gasteiger partial charge in [-0.1, -0.05) is 0 Å². The van der Waals surface area contributed by atoms with Crippen LogP contribution >= 0.6 is 0 Å². The SMILES string of the molecule is COC(=O)C1CC2CC(=O)C1C2. The van der Waals surface area contributed by atoms with Gasteiger partial charge < -0.3 is 4.74 Å². The number of Topliss-reactive ketones (excluding diaryl/α,β-unsaturated/α-hetero) is 1. The van der Waals surface area contributed by atoms with E-state index in [1.807, 2.05) is 0 Å². The second kappa shape index (κ2) is 2.57. The molecular formula is C9H12O3. The first-order valence-corrected chi connectivity index (χ1v) is 4.33. The minimum Gasteiger partial charge on any atom is -0.469 e. The van der Waals surface area contributed by atoms with Gasteiger partial charge in [0.15, 0.2) is 0 Å². The summed E-state index contributed by atoms with van der Waals surface area (Å²) in [5.41, 5.74) is 0. The third kappa shape index (κ3) is 0.958. The van der Waals surface area contributed by atoms with Gasteiger partial charge in [0.05, 0.1) is 13.0 Å². The van der Waals surface area contributed by atoms with Crippen LogP contribution in [0.5, 0.6) is 0 Å². The molecule has 0 spiro atoms. The fourth-order valence-corrected chi connectivity index (χ4v) is 2.51. The van der Waals surface area contributed by atoms with Crippen molar-refractivity contribution in [3.63, 3.8) is 0 Å². The zero-order valence-corrected chi connectivity index (χ0v) is 7.08. The summed E-state index contributed by atoms with van der Waals surface area (Å²) in [7, 11) is 1.39. The molecule has 0 radical (unpaired) electrons. The number of hydrogen-bond donors (Lipinski definition) is 0. The van der Waals surface area contributed by atoms with Gasteiger partial charge in [-0.15, -0.1) is 0 Å². The average molecular weight is 168 g/mol. The predicted molar refractivity (Wildman–Crippen MR) is 41.3 cm³/mol. The number of carbonyl (C=O) groups excluding carboxylic acids is 2. The summed E-state index contributed by atoms with van der Waals surface area (Å²) in [4.78, 5) is 22.4. The molecule has 3 heteroatoms. The van der Waals surface area contributed by atoms with Crippen LogP contribution in [-0.2, 0) is 14.3 Å². The van der Waals surface area contributed by atoms with Crippen LogP contribution in [0.4, 0.5) is 0 Å². The lowest BCUT2D eigenvalue weighted by Gasteiger charge is -2.17. The van der Waals surface area contributed by atoms with Crippen molar-refractivity contribution >= 4 is 11.8 Å². The summed E-state index contributed by atoms with van der Waals surface area (Å²) in [6, 6.07) is 0. The van der Waals surface area contributed by atoms with Crippen LogP contribution in [0.25, 0.3) is 0 Å². The van der Waals surface area contributed by atoms with Crippen LogP contribution in [0.2, 0.25) is 0 Å². The van der Waals surface area contributed by atoms with E-state index in [9.17, 15) is 9.59 Å². The third-order valence-corrected chi connectivity index (χ3v) is 3.07. The summed E-state index contributed by atoms with van der Waals surface area (Å²) >= 11 is 0. The number of esters is 1. The monoisotopic (exact) mass is 168 g/mol. The first-order chi connectivity index (χ1) is 5.72. The lowest BCUT2D eigenvalue weighted by atomic mass is 9.88. The van der Waals surface area contributed by atoms with Gasteiger partial charge in [0.1, 0.15) is 5.78 Å². The Balaban J connectivity index is 2.12. The zero-order valence-electron chi connectivity index (χ0n) is 7.08. The molecule has 0 aromatic carbocycles. The van der Waals surface area contributed by atoms with Crippen LogP contribution in [0.1, 0.15) is 19.3 Å². The highest BCUT2D eigenvalue weighted by Gasteiger charge is 2.48. The summed E-state index contributed by atoms with van der Waals surface area (Å²) in [6.45, 7) is 0. The largest absolute Gasteiger partial charge is 0.469 e. The molecule has 0 saturated heterocycles. The lowest BCUT2D eigenvalue weighted by Crippen LogP contribution is -2.27. The molecule has 2 aliphatic rings. The number of carbonyl (C=O) groups is 2. The van der Waals surface area contributed by atoms with Crippen LogP contribution in [0, 0.1) is 17.8 Å². The Morgan fingerprint density at radius 1 is 1.50 bits per heavy atom. The number of rotatable bonds is 1. The first kappa shape index (κ1) is 7.77. The Bertz CT molecular complexity index is 234. The third-order valence-electron chi connectivity index (χ3n) is 3.07. The van der Waals surface area contributed by atoms with Crippen molar-refractivity contribution in [2.24, 2.45) is 17.8 Å². The van der Waals surface area contributed by atoms with E-state index in [2.05, 4.69) is 4.74 Å². The first-order valence-electron chi connectivity index (χ1n) is 4.33. The van der Waals surface area contributed by atoms with Gasteiger partial charge in [0.2, 0.25) is 0 Å². The van der Waals surface area contributed by atoms with E-state index in [4.69, 9.17) is 0 Å². The van der Waals surface area contributed by atoms with Crippen molar-refractivity contribution in [2.45, 2.75) is 19.3 Å². The van der Waals surface area contributed by atoms with Crippen molar-refractivity contribution in [1.82, 2.24) is 0 Å². The molecule has 3 atom stereocenters. The molecule has 66 valence electrons. The van der Waals surface area contributed by atoms with E-state index < -0.39 is 0 Å². The molecule has 2 bridgehead atoms. The fourth-order valence-electron chi connectivity index (χ4n) is 2.51. The summed E-state index contributed by atoms with van der Waals surface area (Å²) in [6.07, 6.45) is 2.47. The van der Waals surface area contributed by atoms with Gasteiger partial charge in [-0.05, 0) is 18.8 Å². The molecule has 3 unspecified atom stereocenters. The Labute approximate surface area is 71.1 Å². The van der Waals surface area contributed by atoms with Crippen LogP contribution < -0.4 is 0 Å². The van der Waals surface area contributed by atoms with E-state index in [1.54, 1.807) is 0 Å². The Morgan fingerprint density at radius 2 is 2.25 bits per heavy atom. The fraction of sp³-hybridized carbons (Fsp3) is 0.778. The van der Waals surface area contributed by atoms with Gasteiger partial charge in [-0.2, -0.15) is 0 Å². The van der Waals surface area contributed by atoms with Crippen LogP contribution in [-0.4, -0.2) is 18.9 Å². The number of methoxy groups -OCH3 is 1. The molecule has 2 aliphatic carbocycles. The van der Waals surface area contributed by atoms with Crippen LogP contribution in [0.3, 0.4) is 0 Å². The maximum atomic E-state index is 11.3. The molecule has 3 nitrogen and oxygen atoms in total. The average Bonchev–Trinajstić information content (AvgIpc) is 2.60. The Hall–Kier alpha value is -0.860. The number of fused-ring (bicyclic) bond motifs is 2. The standard InChI is InChI=1S/C9H12O3/c1-12-9(11)7-3-5-2-6(7)8(10)4-5/h5-7H,2-4H2,1H3. The minimum absolute atomic E-state index is 0.0116. The van der Waals surface area contributed by atoms with E-state index >= 15 is 0 Å². The molecule has 2 rings (SSSR count). The highest BCUT2D eigenvalue weighted by Crippen LogP contribution is 2.46. The van der Waals surface area contributed by atoms with E-state index in [-0.39, 0.29) is 23.6 Å². The number of ketones is 1. The molecule has 0 aromatic rings. The molecule has 0 aliphatic heterocycles. The van der Waals surface area contributed by atoms with Gasteiger partial charge in [0.25, 0.3) is 0 Å². The number of ether oxygens (including phenoxy) is 1. The lowest BCUT2D eigenvalue weighted by molar-refractivity contribution is -0.149. The molecule has 0 heterocycles. The maximum absolute atomic E-state index is 11.3. The molecule has 2 fully saturated rings. The predicted octanol–water partition coefficient (Wildman–Crippen LogP) is 0.775. The topological polar surface area (TPSA) is 43.4 Å². The van der Waals surface area contributed by atoms with Crippen molar-refractivity contribution in [2.75, 3.05) is 7.11 Å². The molecule has 0 N–H and O–H groups in total. The van der Waals surface area contributed by atoms with E-state index in [0.29, 0.717) is 12.3 Å². The molecule has 0 aromatic heterocycles. The smallest absolute Gasteiger partial charge is 0.309 e. The van der Waals surface area contributed by atoms with Crippen LogP contribution in [0.15, 0.2) is 0 Å². The highest BCUT2D eigenvalue weighted by molar-refractivity contribution is 5.90. The van der Waals surface area contributed by atoms with Crippen molar-refractivity contribution in [3.05, 3.63) is 0 Å². The second-order valence-electron chi connectivity index (χ2n) is 3.74. The molecular weight excluding hydrogens is 156 g/mol. The number of hydrogen-bond acceptors (Lipinski definition) is 3. The second-order valence-corrected chi connectivity index (χ2v) is 3.74. The van der Waals surface area contributed by atoms with Crippen molar-refractivity contribution in [1.29, 1.82) is 0 Å². The van der Waals surface area contributed by atoms with Crippen molar-refractivity contribution < 1.29 is 14.3 Å². The van der Waals surface area contributed by atoms with Gasteiger partial charge >= 0.3 is 5.97 Å². The normalized spacial score (nSPS) is 38.8. The quantitative estimate of drug-likeness (QED) is 0.543. The Kier molecular flexibility index (Phi) is 1.67. The molecule has 0 amide bonds. The van der Waals surface area contributed by atoms with Gasteiger partial charge in [-0.3, -0.25) is 9.59 Å². The highest BCUT2D eigenvalue weighted by atomic mass is 16.5. The van der Waals surface area contributed by atoms with Gasteiger partial charge in [0, 0.05) is 12.3 Å². The summed E-state index contributed by atoms with van der Waals surface area (Å²) < 4.78 is 4.64. The zero-order chi connectivity index (χ0) is 8.72. The molecule has 2 saturated carbocycles. The van der Waals surface area contributed by atoms with E-state index in [0.717, 1.165) is 12.8 Å². The van der Waals surface area contributed by atoms with Crippen molar-refractivity contribution in [3.8, 4) is 0 Å². The Morgan fingerprint density at radius 3 is 2.75 bits per heavy atom.